The van der Waals surface area contributed by atoms with Gasteiger partial charge >= 0.3 is 0 Å². The van der Waals surface area contributed by atoms with E-state index in [1.165, 1.54) is 11.3 Å². The molecule has 7 heteroatoms. The van der Waals surface area contributed by atoms with Gasteiger partial charge in [-0.25, -0.2) is 4.98 Å². The highest BCUT2D eigenvalue weighted by Crippen LogP contribution is 2.28. The van der Waals surface area contributed by atoms with E-state index in [0.717, 1.165) is 34.6 Å². The number of nitrogens with one attached hydrogen (secondary N) is 1. The summed E-state index contributed by atoms with van der Waals surface area (Å²) in [7, 11) is 0. The van der Waals surface area contributed by atoms with Crippen LogP contribution in [0.25, 0.3) is 15.3 Å². The number of rotatable bonds is 3. The zero-order valence-electron chi connectivity index (χ0n) is 11.3. The van der Waals surface area contributed by atoms with Gasteiger partial charge in [-0.15, -0.1) is 22.7 Å². The third-order valence-electron chi connectivity index (χ3n) is 4.11. The molecule has 1 saturated carbocycles. The van der Waals surface area contributed by atoms with Gasteiger partial charge in [0.05, 0.1) is 16.5 Å². The fourth-order valence-corrected chi connectivity index (χ4v) is 4.64. The maximum absolute atomic E-state index is 12.2. The molecule has 5 nitrogen and oxygen atoms in total. The number of imidazole rings is 1. The molecule has 2 N–H and O–H groups in total. The molecule has 1 amide bonds. The quantitative estimate of drug-likeness (QED) is 0.779. The van der Waals surface area contributed by atoms with Gasteiger partial charge in [0.1, 0.15) is 4.83 Å². The third-order valence-corrected chi connectivity index (χ3v) is 5.88. The number of amides is 1. The van der Waals surface area contributed by atoms with E-state index >= 15 is 0 Å². The number of carbonyl (C=O) groups is 1. The van der Waals surface area contributed by atoms with Gasteiger partial charge in [-0.05, 0) is 18.9 Å². The van der Waals surface area contributed by atoms with Gasteiger partial charge in [0.15, 0.2) is 4.96 Å². The van der Waals surface area contributed by atoms with Crippen LogP contribution in [0.2, 0.25) is 0 Å². The van der Waals surface area contributed by atoms with Crippen molar-refractivity contribution < 1.29 is 9.90 Å². The van der Waals surface area contributed by atoms with Gasteiger partial charge in [0, 0.05) is 24.0 Å². The highest BCUT2D eigenvalue weighted by Gasteiger charge is 2.25. The fraction of sp³-hybridized carbons (Fsp3) is 0.429. The van der Waals surface area contributed by atoms with Crippen LogP contribution in [0.1, 0.15) is 28.9 Å². The summed E-state index contributed by atoms with van der Waals surface area (Å²) in [4.78, 5) is 19.3. The van der Waals surface area contributed by atoms with Gasteiger partial charge in [-0.1, -0.05) is 6.42 Å². The van der Waals surface area contributed by atoms with Crippen molar-refractivity contribution in [2.75, 3.05) is 6.54 Å². The molecule has 1 fully saturated rings. The van der Waals surface area contributed by atoms with Crippen molar-refractivity contribution >= 4 is 43.9 Å². The number of carbonyl (C=O) groups excluding carboxylic acids is 1. The maximum Gasteiger partial charge on any atom is 0.261 e. The molecule has 3 aromatic rings. The van der Waals surface area contributed by atoms with Crippen molar-refractivity contribution in [3.63, 3.8) is 0 Å². The summed E-state index contributed by atoms with van der Waals surface area (Å²) >= 11 is 3.01. The molecule has 0 aliphatic heterocycles. The number of aromatic nitrogens is 2. The summed E-state index contributed by atoms with van der Waals surface area (Å²) < 4.78 is 2.01. The summed E-state index contributed by atoms with van der Waals surface area (Å²) in [5, 5.41) is 14.7. The van der Waals surface area contributed by atoms with Gasteiger partial charge in [0.25, 0.3) is 5.91 Å². The Morgan fingerprint density at radius 1 is 1.52 bits per heavy atom. The minimum absolute atomic E-state index is 0.0684. The van der Waals surface area contributed by atoms with Crippen LogP contribution in [0.15, 0.2) is 17.6 Å². The molecule has 2 atom stereocenters. The predicted octanol–water partition coefficient (Wildman–Crippen LogP) is 2.50. The van der Waals surface area contributed by atoms with E-state index in [4.69, 9.17) is 0 Å². The molecule has 0 saturated heterocycles. The normalized spacial score (nSPS) is 22.3. The minimum atomic E-state index is -0.266. The molecule has 3 aromatic heterocycles. The first-order chi connectivity index (χ1) is 10.2. The van der Waals surface area contributed by atoms with Gasteiger partial charge in [-0.2, -0.15) is 0 Å². The molecule has 0 bridgehead atoms. The van der Waals surface area contributed by atoms with Gasteiger partial charge < -0.3 is 10.4 Å². The zero-order chi connectivity index (χ0) is 14.4. The fourth-order valence-electron chi connectivity index (χ4n) is 2.93. The summed E-state index contributed by atoms with van der Waals surface area (Å²) in [6, 6.07) is 1.90. The lowest BCUT2D eigenvalue weighted by molar-refractivity contribution is 0.0920. The summed E-state index contributed by atoms with van der Waals surface area (Å²) in [5.41, 5.74) is 0.988. The van der Waals surface area contributed by atoms with Crippen molar-refractivity contribution in [3.8, 4) is 0 Å². The van der Waals surface area contributed by atoms with Crippen LogP contribution in [0.3, 0.4) is 0 Å². The molecule has 0 spiro atoms. The number of aliphatic hydroxyl groups is 1. The topological polar surface area (TPSA) is 66.6 Å². The standard InChI is InChI=1S/C14H15N3O2S2/c18-10-3-1-2-8(10)7-15-12(19)11-6-9-13(21-11)16-14-17(9)4-5-20-14/h4-6,8,10,18H,1-3,7H2,(H,15,19). The van der Waals surface area contributed by atoms with Crippen molar-refractivity contribution in [2.45, 2.75) is 25.4 Å². The molecule has 4 rings (SSSR count). The maximum atomic E-state index is 12.2. The number of hydrogen-bond acceptors (Lipinski definition) is 5. The molecule has 21 heavy (non-hydrogen) atoms. The average molecular weight is 321 g/mol. The van der Waals surface area contributed by atoms with Crippen molar-refractivity contribution in [1.82, 2.24) is 14.7 Å². The first-order valence-electron chi connectivity index (χ1n) is 7.04. The third kappa shape index (κ3) is 2.25. The van der Waals surface area contributed by atoms with E-state index in [1.807, 2.05) is 22.0 Å². The molecule has 0 aromatic carbocycles. The summed E-state index contributed by atoms with van der Waals surface area (Å²) in [6.45, 7) is 0.552. The molecule has 1 aliphatic carbocycles. The Bertz CT molecular complexity index is 804. The van der Waals surface area contributed by atoms with Crippen LogP contribution in [-0.4, -0.2) is 33.0 Å². The molecule has 110 valence electrons. The number of aliphatic hydroxyl groups excluding tert-OH is 1. The van der Waals surface area contributed by atoms with Gasteiger partial charge in [-0.3, -0.25) is 9.20 Å². The van der Waals surface area contributed by atoms with Crippen LogP contribution in [0, 0.1) is 5.92 Å². The predicted molar refractivity (Wildman–Crippen MR) is 84.1 cm³/mol. The van der Waals surface area contributed by atoms with Crippen molar-refractivity contribution in [3.05, 3.63) is 22.5 Å². The molecule has 3 heterocycles. The number of thiophene rings is 1. The minimum Gasteiger partial charge on any atom is -0.393 e. The second kappa shape index (κ2) is 5.08. The number of fused-ring (bicyclic) bond motifs is 3. The Hall–Kier alpha value is -1.44. The van der Waals surface area contributed by atoms with Crippen LogP contribution >= 0.6 is 22.7 Å². The largest absolute Gasteiger partial charge is 0.393 e. The SMILES string of the molecule is O=C(NCC1CCCC1O)c1cc2c(nc3sccn32)s1. The molecule has 2 unspecified atom stereocenters. The smallest absolute Gasteiger partial charge is 0.261 e. The summed E-state index contributed by atoms with van der Waals surface area (Å²) in [5.74, 6) is 0.129. The number of thiazole rings is 1. The number of hydrogen-bond donors (Lipinski definition) is 2. The molecule has 1 aliphatic rings. The van der Waals surface area contributed by atoms with Crippen LogP contribution in [0.4, 0.5) is 0 Å². The van der Waals surface area contributed by atoms with E-state index in [-0.39, 0.29) is 17.9 Å². The molecular weight excluding hydrogens is 306 g/mol. The molecule has 0 radical (unpaired) electrons. The first-order valence-corrected chi connectivity index (χ1v) is 8.73. The Kier molecular flexibility index (Phi) is 3.20. The lowest BCUT2D eigenvalue weighted by atomic mass is 10.1. The van der Waals surface area contributed by atoms with E-state index in [2.05, 4.69) is 10.3 Å². The van der Waals surface area contributed by atoms with Crippen LogP contribution in [0.5, 0.6) is 0 Å². The van der Waals surface area contributed by atoms with E-state index in [9.17, 15) is 9.90 Å². The van der Waals surface area contributed by atoms with Crippen molar-refractivity contribution in [2.24, 2.45) is 5.92 Å². The van der Waals surface area contributed by atoms with Gasteiger partial charge in [0.2, 0.25) is 0 Å². The highest BCUT2D eigenvalue weighted by molar-refractivity contribution is 7.21. The Balaban J connectivity index is 1.52. The monoisotopic (exact) mass is 321 g/mol. The lowest BCUT2D eigenvalue weighted by Crippen LogP contribution is -2.32. The first kappa shape index (κ1) is 13.2. The Labute approximate surface area is 129 Å². The van der Waals surface area contributed by atoms with E-state index < -0.39 is 0 Å². The molecular formula is C14H15N3O2S2. The lowest BCUT2D eigenvalue weighted by Gasteiger charge is -2.14. The van der Waals surface area contributed by atoms with E-state index in [0.29, 0.717) is 11.4 Å². The number of nitrogens with zero attached hydrogens (tertiary/aromatic N) is 2. The Morgan fingerprint density at radius 2 is 2.43 bits per heavy atom. The average Bonchev–Trinajstić information content (AvgIpc) is 3.17. The Morgan fingerprint density at radius 3 is 3.24 bits per heavy atom. The summed E-state index contributed by atoms with van der Waals surface area (Å²) in [6.07, 6.45) is 4.60. The second-order valence-electron chi connectivity index (χ2n) is 5.44. The van der Waals surface area contributed by atoms with Crippen LogP contribution in [-0.2, 0) is 0 Å². The zero-order valence-corrected chi connectivity index (χ0v) is 12.9. The highest BCUT2D eigenvalue weighted by atomic mass is 32.1. The second-order valence-corrected chi connectivity index (χ2v) is 7.34. The van der Waals surface area contributed by atoms with Crippen LogP contribution < -0.4 is 5.32 Å². The van der Waals surface area contributed by atoms with Crippen molar-refractivity contribution in [1.29, 1.82) is 0 Å². The van der Waals surface area contributed by atoms with E-state index in [1.54, 1.807) is 11.3 Å².